The van der Waals surface area contributed by atoms with Gasteiger partial charge in [0.25, 0.3) is 0 Å². The van der Waals surface area contributed by atoms with E-state index in [-0.39, 0.29) is 5.84 Å². The molecule has 4 nitrogen and oxygen atoms in total. The van der Waals surface area contributed by atoms with Gasteiger partial charge in [0.05, 0.1) is 0 Å². The van der Waals surface area contributed by atoms with Crippen LogP contribution in [0.5, 0.6) is 11.5 Å². The fourth-order valence-corrected chi connectivity index (χ4v) is 1.75. The van der Waals surface area contributed by atoms with E-state index in [4.69, 9.17) is 27.5 Å². The normalized spacial score (nSPS) is 10.1. The third-order valence-electron chi connectivity index (χ3n) is 2.38. The number of pyridine rings is 1. The van der Waals surface area contributed by atoms with Gasteiger partial charge in [0.15, 0.2) is 5.75 Å². The molecule has 0 saturated carbocycles. The summed E-state index contributed by atoms with van der Waals surface area (Å²) in [6.07, 6.45) is 1.57. The number of benzene rings is 1. The molecular formula is C13H12ClN3O. The van der Waals surface area contributed by atoms with Crippen LogP contribution in [0.2, 0.25) is 5.02 Å². The average molecular weight is 262 g/mol. The van der Waals surface area contributed by atoms with Crippen LogP contribution in [-0.2, 0) is 0 Å². The van der Waals surface area contributed by atoms with Gasteiger partial charge in [0, 0.05) is 11.2 Å². The van der Waals surface area contributed by atoms with Crippen LogP contribution in [0, 0.1) is 12.3 Å². The van der Waals surface area contributed by atoms with Crippen molar-refractivity contribution in [2.75, 3.05) is 0 Å². The molecule has 0 aliphatic carbocycles. The van der Waals surface area contributed by atoms with E-state index >= 15 is 0 Å². The monoisotopic (exact) mass is 261 g/mol. The molecule has 0 fully saturated rings. The first-order chi connectivity index (χ1) is 8.58. The predicted octanol–water partition coefficient (Wildman–Crippen LogP) is 3.12. The summed E-state index contributed by atoms with van der Waals surface area (Å²) in [6.45, 7) is 1.89. The Balaban J connectivity index is 2.37. The first-order valence-corrected chi connectivity index (χ1v) is 5.69. The topological polar surface area (TPSA) is 72.0 Å². The number of ether oxygens (including phenoxy) is 1. The summed E-state index contributed by atoms with van der Waals surface area (Å²) in [5.74, 6) is 0.988. The Morgan fingerprint density at radius 3 is 2.78 bits per heavy atom. The average Bonchev–Trinajstić information content (AvgIpc) is 2.33. The highest BCUT2D eigenvalue weighted by Crippen LogP contribution is 2.28. The molecule has 1 aromatic heterocycles. The maximum atomic E-state index is 7.44. The zero-order chi connectivity index (χ0) is 13.1. The molecule has 0 amide bonds. The lowest BCUT2D eigenvalue weighted by atomic mass is 10.2. The number of nitrogen functional groups attached to an aromatic ring is 1. The zero-order valence-electron chi connectivity index (χ0n) is 9.77. The summed E-state index contributed by atoms with van der Waals surface area (Å²) >= 11 is 5.88. The van der Waals surface area contributed by atoms with Crippen LogP contribution in [0.1, 0.15) is 11.3 Å². The largest absolute Gasteiger partial charge is 0.455 e. The van der Waals surface area contributed by atoms with Crippen LogP contribution in [0.15, 0.2) is 36.5 Å². The van der Waals surface area contributed by atoms with Gasteiger partial charge in [-0.3, -0.25) is 5.41 Å². The molecule has 3 N–H and O–H groups in total. The number of hydrogen-bond donors (Lipinski definition) is 2. The highest BCUT2D eigenvalue weighted by molar-refractivity contribution is 6.30. The molecule has 0 saturated heterocycles. The van der Waals surface area contributed by atoms with E-state index < -0.39 is 0 Å². The van der Waals surface area contributed by atoms with E-state index in [2.05, 4.69) is 4.98 Å². The first-order valence-electron chi connectivity index (χ1n) is 5.31. The van der Waals surface area contributed by atoms with Gasteiger partial charge < -0.3 is 10.5 Å². The second-order valence-electron chi connectivity index (χ2n) is 3.78. The molecule has 0 aliphatic heterocycles. The Bertz CT molecular complexity index is 599. The van der Waals surface area contributed by atoms with Gasteiger partial charge >= 0.3 is 0 Å². The molecule has 2 aromatic rings. The van der Waals surface area contributed by atoms with Gasteiger partial charge in [0.2, 0.25) is 0 Å². The summed E-state index contributed by atoms with van der Waals surface area (Å²) in [6, 6.07) is 8.77. The van der Waals surface area contributed by atoms with Gasteiger partial charge in [-0.15, -0.1) is 0 Å². The Morgan fingerprint density at radius 1 is 1.33 bits per heavy atom. The fraction of sp³-hybridized carbons (Fsp3) is 0.0769. The molecule has 18 heavy (non-hydrogen) atoms. The van der Waals surface area contributed by atoms with Gasteiger partial charge in [0.1, 0.15) is 17.3 Å². The van der Waals surface area contributed by atoms with Gasteiger partial charge in [-0.1, -0.05) is 11.6 Å². The number of hydrogen-bond acceptors (Lipinski definition) is 3. The maximum absolute atomic E-state index is 7.44. The minimum atomic E-state index is -0.128. The van der Waals surface area contributed by atoms with Crippen molar-refractivity contribution in [1.29, 1.82) is 5.41 Å². The standard InChI is InChI=1S/C13H12ClN3O/c1-8-7-9(14)4-5-10(8)18-11-3-2-6-17-12(11)13(15)16/h2-7H,1H3,(H3,15,16). The SMILES string of the molecule is Cc1cc(Cl)ccc1Oc1cccnc1C(=N)N. The van der Waals surface area contributed by atoms with Crippen molar-refractivity contribution in [3.8, 4) is 11.5 Å². The highest BCUT2D eigenvalue weighted by Gasteiger charge is 2.09. The van der Waals surface area contributed by atoms with Crippen molar-refractivity contribution in [1.82, 2.24) is 4.98 Å². The van der Waals surface area contributed by atoms with Crippen LogP contribution in [0.4, 0.5) is 0 Å². The maximum Gasteiger partial charge on any atom is 0.156 e. The lowest BCUT2D eigenvalue weighted by Crippen LogP contribution is -2.14. The number of aryl methyl sites for hydroxylation is 1. The number of amidine groups is 1. The minimum Gasteiger partial charge on any atom is -0.455 e. The van der Waals surface area contributed by atoms with Gasteiger partial charge in [-0.2, -0.15) is 0 Å². The molecule has 1 heterocycles. The summed E-state index contributed by atoms with van der Waals surface area (Å²) < 4.78 is 5.71. The van der Waals surface area contributed by atoms with Crippen molar-refractivity contribution >= 4 is 17.4 Å². The summed E-state index contributed by atoms with van der Waals surface area (Å²) in [4.78, 5) is 4.02. The quantitative estimate of drug-likeness (QED) is 0.659. The lowest BCUT2D eigenvalue weighted by molar-refractivity contribution is 0.475. The van der Waals surface area contributed by atoms with Gasteiger partial charge in [-0.25, -0.2) is 4.98 Å². The van der Waals surface area contributed by atoms with E-state index in [0.717, 1.165) is 5.56 Å². The highest BCUT2D eigenvalue weighted by atomic mass is 35.5. The van der Waals surface area contributed by atoms with E-state index in [1.165, 1.54) is 0 Å². The number of aromatic nitrogens is 1. The summed E-state index contributed by atoms with van der Waals surface area (Å²) in [7, 11) is 0. The third-order valence-corrected chi connectivity index (χ3v) is 2.62. The second-order valence-corrected chi connectivity index (χ2v) is 4.21. The third kappa shape index (κ3) is 2.60. The van der Waals surface area contributed by atoms with Gasteiger partial charge in [-0.05, 0) is 42.8 Å². The number of nitrogens with one attached hydrogen (secondary N) is 1. The Kier molecular flexibility index (Phi) is 3.48. The molecule has 0 aliphatic rings. The number of nitrogens with zero attached hydrogens (tertiary/aromatic N) is 1. The Hall–Kier alpha value is -2.07. The van der Waals surface area contributed by atoms with Crippen molar-refractivity contribution in [2.24, 2.45) is 5.73 Å². The van der Waals surface area contributed by atoms with Crippen molar-refractivity contribution in [3.05, 3.63) is 52.8 Å². The molecule has 92 valence electrons. The molecule has 1 aromatic carbocycles. The summed E-state index contributed by atoms with van der Waals surface area (Å²) in [5, 5.41) is 8.09. The van der Waals surface area contributed by atoms with Crippen molar-refractivity contribution < 1.29 is 4.74 Å². The molecule has 0 radical (unpaired) electrons. The number of nitrogens with two attached hydrogens (primary N) is 1. The van der Waals surface area contributed by atoms with E-state index in [0.29, 0.717) is 22.2 Å². The van der Waals surface area contributed by atoms with E-state index in [9.17, 15) is 0 Å². The Labute approximate surface area is 110 Å². The van der Waals surface area contributed by atoms with Crippen LogP contribution in [0.3, 0.4) is 0 Å². The molecule has 0 unspecified atom stereocenters. The van der Waals surface area contributed by atoms with Crippen molar-refractivity contribution in [3.63, 3.8) is 0 Å². The fourth-order valence-electron chi connectivity index (χ4n) is 1.52. The predicted molar refractivity (Wildman–Crippen MR) is 71.5 cm³/mol. The smallest absolute Gasteiger partial charge is 0.156 e. The van der Waals surface area contributed by atoms with E-state index in [1.807, 2.05) is 6.92 Å². The van der Waals surface area contributed by atoms with Crippen LogP contribution in [0.25, 0.3) is 0 Å². The molecular weight excluding hydrogens is 250 g/mol. The molecule has 2 rings (SSSR count). The van der Waals surface area contributed by atoms with Crippen molar-refractivity contribution in [2.45, 2.75) is 6.92 Å². The minimum absolute atomic E-state index is 0.128. The summed E-state index contributed by atoms with van der Waals surface area (Å²) in [5.41, 5.74) is 6.68. The molecule has 0 atom stereocenters. The Morgan fingerprint density at radius 2 is 2.11 bits per heavy atom. The zero-order valence-corrected chi connectivity index (χ0v) is 10.5. The van der Waals surface area contributed by atoms with Crippen LogP contribution in [-0.4, -0.2) is 10.8 Å². The second kappa shape index (κ2) is 5.06. The molecule has 5 heteroatoms. The first kappa shape index (κ1) is 12.4. The van der Waals surface area contributed by atoms with E-state index in [1.54, 1.807) is 36.5 Å². The molecule has 0 spiro atoms. The molecule has 0 bridgehead atoms. The van der Waals surface area contributed by atoms with Crippen LogP contribution >= 0.6 is 11.6 Å². The van der Waals surface area contributed by atoms with Crippen LogP contribution < -0.4 is 10.5 Å². The lowest BCUT2D eigenvalue weighted by Gasteiger charge is -2.11. The number of rotatable bonds is 3. The number of halogens is 1.